The van der Waals surface area contributed by atoms with Crippen molar-refractivity contribution in [1.82, 2.24) is 0 Å². The Kier molecular flexibility index (Phi) is 5.79. The lowest BCUT2D eigenvalue weighted by Gasteiger charge is -2.04. The van der Waals surface area contributed by atoms with Crippen molar-refractivity contribution in [2.75, 3.05) is 19.9 Å². The molecule has 0 unspecified atom stereocenters. The predicted octanol–water partition coefficient (Wildman–Crippen LogP) is 2.46. The van der Waals surface area contributed by atoms with E-state index < -0.39 is 0 Å². The van der Waals surface area contributed by atoms with Gasteiger partial charge in [-0.15, -0.1) is 0 Å². The SMILES string of the molecule is CCCCOP(C)C. The van der Waals surface area contributed by atoms with E-state index in [1.54, 1.807) is 0 Å². The molecule has 0 atom stereocenters. The first kappa shape index (κ1) is 8.39. The summed E-state index contributed by atoms with van der Waals surface area (Å²) in [5.74, 6) is 0. The summed E-state index contributed by atoms with van der Waals surface area (Å²) in [6, 6.07) is 0. The maximum atomic E-state index is 5.35. The highest BCUT2D eigenvalue weighted by atomic mass is 31.1. The number of hydrogen-bond acceptors (Lipinski definition) is 1. The lowest BCUT2D eigenvalue weighted by atomic mass is 10.4. The van der Waals surface area contributed by atoms with Crippen LogP contribution in [0.25, 0.3) is 0 Å². The Morgan fingerprint density at radius 3 is 2.38 bits per heavy atom. The van der Waals surface area contributed by atoms with Crippen LogP contribution in [0.1, 0.15) is 19.8 Å². The Morgan fingerprint density at radius 1 is 1.38 bits per heavy atom. The van der Waals surface area contributed by atoms with Crippen LogP contribution in [0, 0.1) is 0 Å². The first-order valence-electron chi connectivity index (χ1n) is 3.07. The van der Waals surface area contributed by atoms with Gasteiger partial charge >= 0.3 is 0 Å². The van der Waals surface area contributed by atoms with Crippen LogP contribution in [0.4, 0.5) is 0 Å². The molecule has 0 saturated carbocycles. The van der Waals surface area contributed by atoms with Crippen LogP contribution in [0.2, 0.25) is 0 Å². The van der Waals surface area contributed by atoms with Gasteiger partial charge in [0.25, 0.3) is 0 Å². The van der Waals surface area contributed by atoms with Crippen molar-refractivity contribution >= 4 is 8.15 Å². The molecule has 0 aliphatic rings. The van der Waals surface area contributed by atoms with Gasteiger partial charge in [0.15, 0.2) is 0 Å². The zero-order valence-corrected chi connectivity index (χ0v) is 6.87. The molecule has 0 spiro atoms. The maximum absolute atomic E-state index is 5.35. The van der Waals surface area contributed by atoms with Crippen LogP contribution in [0.15, 0.2) is 0 Å². The highest BCUT2D eigenvalue weighted by molar-refractivity contribution is 7.50. The van der Waals surface area contributed by atoms with Crippen LogP contribution in [0.5, 0.6) is 0 Å². The molecule has 0 amide bonds. The van der Waals surface area contributed by atoms with Gasteiger partial charge in [-0.25, -0.2) is 0 Å². The molecule has 0 aliphatic carbocycles. The molecule has 8 heavy (non-hydrogen) atoms. The fourth-order valence-corrected chi connectivity index (χ4v) is 0.886. The minimum absolute atomic E-state index is 0.112. The second kappa shape index (κ2) is 5.53. The van der Waals surface area contributed by atoms with Crippen molar-refractivity contribution in [2.24, 2.45) is 0 Å². The van der Waals surface area contributed by atoms with E-state index in [2.05, 4.69) is 20.3 Å². The summed E-state index contributed by atoms with van der Waals surface area (Å²) in [4.78, 5) is 0. The van der Waals surface area contributed by atoms with E-state index in [1.807, 2.05) is 0 Å². The predicted molar refractivity (Wildman–Crippen MR) is 39.6 cm³/mol. The zero-order valence-electron chi connectivity index (χ0n) is 5.98. The maximum Gasteiger partial charge on any atom is 0.0508 e. The normalized spacial score (nSPS) is 10.5. The van der Waals surface area contributed by atoms with Crippen molar-refractivity contribution < 1.29 is 4.52 Å². The largest absolute Gasteiger partial charge is 0.360 e. The van der Waals surface area contributed by atoms with E-state index in [0.717, 1.165) is 6.61 Å². The molecule has 0 rings (SSSR count). The summed E-state index contributed by atoms with van der Waals surface area (Å²) in [6.45, 7) is 7.39. The second-order valence-corrected chi connectivity index (χ2v) is 3.88. The summed E-state index contributed by atoms with van der Waals surface area (Å²) in [6.07, 6.45) is 2.45. The third-order valence-corrected chi connectivity index (χ3v) is 1.55. The van der Waals surface area contributed by atoms with Gasteiger partial charge in [-0.1, -0.05) is 13.3 Å². The molecule has 0 aliphatic heterocycles. The highest BCUT2D eigenvalue weighted by Gasteiger charge is 1.88. The van der Waals surface area contributed by atoms with E-state index in [4.69, 9.17) is 4.52 Å². The van der Waals surface area contributed by atoms with Crippen molar-refractivity contribution in [3.05, 3.63) is 0 Å². The molecule has 0 fully saturated rings. The van der Waals surface area contributed by atoms with Crippen molar-refractivity contribution in [3.8, 4) is 0 Å². The van der Waals surface area contributed by atoms with Gasteiger partial charge in [-0.05, 0) is 19.8 Å². The fourth-order valence-electron chi connectivity index (χ4n) is 0.391. The summed E-state index contributed by atoms with van der Waals surface area (Å²) in [7, 11) is -0.112. The van der Waals surface area contributed by atoms with E-state index >= 15 is 0 Å². The molecule has 0 N–H and O–H groups in total. The second-order valence-electron chi connectivity index (χ2n) is 2.00. The number of unbranched alkanes of at least 4 members (excludes halogenated alkanes) is 1. The minimum atomic E-state index is -0.112. The molecule has 0 saturated heterocycles. The van der Waals surface area contributed by atoms with Crippen LogP contribution in [-0.4, -0.2) is 19.9 Å². The molecular weight excluding hydrogens is 119 g/mol. The van der Waals surface area contributed by atoms with Crippen LogP contribution in [0.3, 0.4) is 0 Å². The first-order chi connectivity index (χ1) is 3.77. The summed E-state index contributed by atoms with van der Waals surface area (Å²) >= 11 is 0. The van der Waals surface area contributed by atoms with Gasteiger partial charge in [0, 0.05) is 8.15 Å². The summed E-state index contributed by atoms with van der Waals surface area (Å²) in [5.41, 5.74) is 0. The van der Waals surface area contributed by atoms with E-state index in [9.17, 15) is 0 Å². The summed E-state index contributed by atoms with van der Waals surface area (Å²) < 4.78 is 5.35. The quantitative estimate of drug-likeness (QED) is 0.424. The third kappa shape index (κ3) is 6.39. The fraction of sp³-hybridized carbons (Fsp3) is 1.00. The monoisotopic (exact) mass is 134 g/mol. The number of rotatable bonds is 4. The molecule has 0 heterocycles. The van der Waals surface area contributed by atoms with Gasteiger partial charge < -0.3 is 4.52 Å². The first-order valence-corrected chi connectivity index (χ1v) is 5.23. The molecule has 50 valence electrons. The molecule has 2 heteroatoms. The van der Waals surface area contributed by atoms with Gasteiger partial charge in [0.2, 0.25) is 0 Å². The highest BCUT2D eigenvalue weighted by Crippen LogP contribution is 2.25. The standard InChI is InChI=1S/C6H15OP/c1-4-5-6-7-8(2)3/h4-6H2,1-3H3. The smallest absolute Gasteiger partial charge is 0.0508 e. The molecule has 1 nitrogen and oxygen atoms in total. The molecule has 0 bridgehead atoms. The van der Waals surface area contributed by atoms with Gasteiger partial charge in [-0.3, -0.25) is 0 Å². The Labute approximate surface area is 53.3 Å². The van der Waals surface area contributed by atoms with Crippen LogP contribution in [-0.2, 0) is 4.52 Å². The molecule has 0 radical (unpaired) electrons. The van der Waals surface area contributed by atoms with Gasteiger partial charge in [-0.2, -0.15) is 0 Å². The van der Waals surface area contributed by atoms with E-state index in [1.165, 1.54) is 12.8 Å². The van der Waals surface area contributed by atoms with E-state index in [-0.39, 0.29) is 8.15 Å². The lowest BCUT2D eigenvalue weighted by molar-refractivity contribution is 0.346. The molecule has 0 aromatic heterocycles. The minimum Gasteiger partial charge on any atom is -0.360 e. The van der Waals surface area contributed by atoms with Crippen molar-refractivity contribution in [3.63, 3.8) is 0 Å². The van der Waals surface area contributed by atoms with E-state index in [0.29, 0.717) is 0 Å². The molecule has 0 aromatic carbocycles. The third-order valence-electron chi connectivity index (χ3n) is 0.847. The van der Waals surface area contributed by atoms with Gasteiger partial charge in [0.1, 0.15) is 0 Å². The number of hydrogen-bond donors (Lipinski definition) is 0. The van der Waals surface area contributed by atoms with Gasteiger partial charge in [0.05, 0.1) is 6.61 Å². The molecule has 0 aromatic rings. The Bertz CT molecular complexity index is 45.8. The van der Waals surface area contributed by atoms with Crippen LogP contribution < -0.4 is 0 Å². The van der Waals surface area contributed by atoms with Crippen LogP contribution >= 0.6 is 8.15 Å². The molecular formula is C6H15OP. The average Bonchev–Trinajstić information content (AvgIpc) is 1.66. The van der Waals surface area contributed by atoms with Crippen molar-refractivity contribution in [2.45, 2.75) is 19.8 Å². The Balaban J connectivity index is 2.72. The lowest BCUT2D eigenvalue weighted by Crippen LogP contribution is -1.85. The zero-order chi connectivity index (χ0) is 6.41. The Morgan fingerprint density at radius 2 is 2.00 bits per heavy atom. The Hall–Kier alpha value is 0.390. The summed E-state index contributed by atoms with van der Waals surface area (Å²) in [5, 5.41) is 0. The van der Waals surface area contributed by atoms with Crippen molar-refractivity contribution in [1.29, 1.82) is 0 Å². The topological polar surface area (TPSA) is 9.23 Å². The average molecular weight is 134 g/mol.